The summed E-state index contributed by atoms with van der Waals surface area (Å²) in [5.41, 5.74) is 0.873. The van der Waals surface area contributed by atoms with Gasteiger partial charge in [0.05, 0.1) is 5.92 Å². The topological polar surface area (TPSA) is 66.4 Å². The molecule has 0 saturated heterocycles. The van der Waals surface area contributed by atoms with Crippen LogP contribution in [0.3, 0.4) is 0 Å². The molecule has 2 N–H and O–H groups in total. The molecule has 0 aliphatic rings. The number of hydrogen-bond acceptors (Lipinski definition) is 2. The van der Waals surface area contributed by atoms with Crippen molar-refractivity contribution in [2.45, 2.75) is 25.8 Å². The number of amides is 1. The normalized spacial score (nSPS) is 13.9. The van der Waals surface area contributed by atoms with Gasteiger partial charge in [0, 0.05) is 0 Å². The Morgan fingerprint density at radius 1 is 1.19 bits per heavy atom. The number of benzene rings is 1. The molecule has 4 heteroatoms. The Hall–Kier alpha value is -1.84. The van der Waals surface area contributed by atoms with Gasteiger partial charge < -0.3 is 10.4 Å². The van der Waals surface area contributed by atoms with Gasteiger partial charge in [0.2, 0.25) is 5.91 Å². The second kappa shape index (κ2) is 5.30. The number of rotatable bonds is 4. The van der Waals surface area contributed by atoms with Crippen LogP contribution in [0.15, 0.2) is 30.3 Å². The monoisotopic (exact) mass is 221 g/mol. The quantitative estimate of drug-likeness (QED) is 0.807. The van der Waals surface area contributed by atoms with E-state index in [1.54, 1.807) is 6.92 Å². The number of aliphatic carboxylic acids is 1. The van der Waals surface area contributed by atoms with Crippen LogP contribution in [0.2, 0.25) is 0 Å². The summed E-state index contributed by atoms with van der Waals surface area (Å²) in [7, 11) is 0. The van der Waals surface area contributed by atoms with E-state index in [0.717, 1.165) is 5.56 Å². The average Bonchev–Trinajstić information content (AvgIpc) is 2.28. The van der Waals surface area contributed by atoms with Crippen LogP contribution in [0.1, 0.15) is 25.3 Å². The average molecular weight is 221 g/mol. The molecule has 16 heavy (non-hydrogen) atoms. The molecule has 0 bridgehead atoms. The van der Waals surface area contributed by atoms with Gasteiger partial charge in [0.25, 0.3) is 0 Å². The second-order valence-corrected chi connectivity index (χ2v) is 3.70. The predicted molar refractivity (Wildman–Crippen MR) is 60.1 cm³/mol. The van der Waals surface area contributed by atoms with Gasteiger partial charge in [-0.1, -0.05) is 30.3 Å². The van der Waals surface area contributed by atoms with Crippen molar-refractivity contribution in [2.24, 2.45) is 0 Å². The fourth-order valence-corrected chi connectivity index (χ4v) is 1.29. The molecule has 86 valence electrons. The Kier molecular flexibility index (Phi) is 4.05. The summed E-state index contributed by atoms with van der Waals surface area (Å²) in [6.07, 6.45) is 0. The highest BCUT2D eigenvalue weighted by molar-refractivity contribution is 5.87. The summed E-state index contributed by atoms with van der Waals surface area (Å²) in [5, 5.41) is 11.1. The van der Waals surface area contributed by atoms with Crippen molar-refractivity contribution in [3.63, 3.8) is 0 Å². The van der Waals surface area contributed by atoms with Crippen molar-refractivity contribution in [1.82, 2.24) is 5.32 Å². The van der Waals surface area contributed by atoms with Crippen LogP contribution >= 0.6 is 0 Å². The molecule has 4 nitrogen and oxygen atoms in total. The standard InChI is InChI=1S/C12H15NO3/c1-8(10-6-4-3-5-7-10)11(14)13-9(2)12(15)16/h3-9H,1-2H3,(H,13,14)(H,15,16). The molecule has 1 aromatic rings. The van der Waals surface area contributed by atoms with Crippen molar-refractivity contribution in [1.29, 1.82) is 0 Å². The zero-order chi connectivity index (χ0) is 12.1. The summed E-state index contributed by atoms with van der Waals surface area (Å²) >= 11 is 0. The lowest BCUT2D eigenvalue weighted by molar-refractivity contribution is -0.141. The van der Waals surface area contributed by atoms with E-state index in [2.05, 4.69) is 5.32 Å². The zero-order valence-corrected chi connectivity index (χ0v) is 9.31. The lowest BCUT2D eigenvalue weighted by atomic mass is 10.0. The molecule has 0 fully saturated rings. The first kappa shape index (κ1) is 12.2. The fraction of sp³-hybridized carbons (Fsp3) is 0.333. The Labute approximate surface area is 94.3 Å². The van der Waals surface area contributed by atoms with Gasteiger partial charge in [-0.05, 0) is 19.4 Å². The highest BCUT2D eigenvalue weighted by Crippen LogP contribution is 2.14. The third-order valence-corrected chi connectivity index (χ3v) is 2.42. The number of hydrogen-bond donors (Lipinski definition) is 2. The number of carbonyl (C=O) groups excluding carboxylic acids is 1. The van der Waals surface area contributed by atoms with Crippen molar-refractivity contribution >= 4 is 11.9 Å². The summed E-state index contributed by atoms with van der Waals surface area (Å²) < 4.78 is 0. The van der Waals surface area contributed by atoms with Crippen molar-refractivity contribution in [3.8, 4) is 0 Å². The van der Waals surface area contributed by atoms with Gasteiger partial charge in [-0.15, -0.1) is 0 Å². The van der Waals surface area contributed by atoms with Crippen LogP contribution in [0.25, 0.3) is 0 Å². The maximum absolute atomic E-state index is 11.7. The van der Waals surface area contributed by atoms with Crippen LogP contribution in [-0.4, -0.2) is 23.0 Å². The first-order valence-corrected chi connectivity index (χ1v) is 5.10. The highest BCUT2D eigenvalue weighted by atomic mass is 16.4. The molecule has 0 heterocycles. The SMILES string of the molecule is CC(NC(=O)C(C)c1ccccc1)C(=O)O. The van der Waals surface area contributed by atoms with Gasteiger partial charge in [0.15, 0.2) is 0 Å². The van der Waals surface area contributed by atoms with Crippen molar-refractivity contribution < 1.29 is 14.7 Å². The van der Waals surface area contributed by atoms with Gasteiger partial charge in [-0.25, -0.2) is 0 Å². The van der Waals surface area contributed by atoms with E-state index in [1.165, 1.54) is 6.92 Å². The molecule has 0 aromatic heterocycles. The lowest BCUT2D eigenvalue weighted by Gasteiger charge is -2.14. The minimum Gasteiger partial charge on any atom is -0.480 e. The van der Waals surface area contributed by atoms with Crippen LogP contribution in [0.4, 0.5) is 0 Å². The van der Waals surface area contributed by atoms with Crippen LogP contribution in [0.5, 0.6) is 0 Å². The molecular weight excluding hydrogens is 206 g/mol. The van der Waals surface area contributed by atoms with E-state index >= 15 is 0 Å². The van der Waals surface area contributed by atoms with Crippen molar-refractivity contribution in [2.75, 3.05) is 0 Å². The first-order valence-electron chi connectivity index (χ1n) is 5.10. The lowest BCUT2D eigenvalue weighted by Crippen LogP contribution is -2.40. The van der Waals surface area contributed by atoms with E-state index in [1.807, 2.05) is 30.3 Å². The number of carbonyl (C=O) groups is 2. The zero-order valence-electron chi connectivity index (χ0n) is 9.31. The molecule has 0 radical (unpaired) electrons. The Bertz CT molecular complexity index is 375. The largest absolute Gasteiger partial charge is 0.480 e. The molecule has 1 aromatic carbocycles. The summed E-state index contributed by atoms with van der Waals surface area (Å²) in [6.45, 7) is 3.19. The molecule has 1 rings (SSSR count). The Balaban J connectivity index is 2.65. The number of carboxylic acids is 1. The Morgan fingerprint density at radius 3 is 2.25 bits per heavy atom. The molecular formula is C12H15NO3. The fourth-order valence-electron chi connectivity index (χ4n) is 1.29. The van der Waals surface area contributed by atoms with E-state index in [0.29, 0.717) is 0 Å². The molecule has 2 unspecified atom stereocenters. The van der Waals surface area contributed by atoms with Gasteiger partial charge in [-0.3, -0.25) is 9.59 Å². The maximum Gasteiger partial charge on any atom is 0.325 e. The third-order valence-electron chi connectivity index (χ3n) is 2.42. The van der Waals surface area contributed by atoms with Crippen LogP contribution in [-0.2, 0) is 9.59 Å². The van der Waals surface area contributed by atoms with Crippen LogP contribution < -0.4 is 5.32 Å². The molecule has 0 aliphatic heterocycles. The van der Waals surface area contributed by atoms with Crippen LogP contribution in [0, 0.1) is 0 Å². The van der Waals surface area contributed by atoms with E-state index in [4.69, 9.17) is 5.11 Å². The first-order chi connectivity index (χ1) is 7.52. The second-order valence-electron chi connectivity index (χ2n) is 3.70. The summed E-state index contributed by atoms with van der Waals surface area (Å²) in [6, 6.07) is 8.39. The molecule has 0 spiro atoms. The minimum atomic E-state index is -1.03. The Morgan fingerprint density at radius 2 is 1.75 bits per heavy atom. The summed E-state index contributed by atoms with van der Waals surface area (Å²) in [5.74, 6) is -1.65. The smallest absolute Gasteiger partial charge is 0.325 e. The van der Waals surface area contributed by atoms with E-state index < -0.39 is 12.0 Å². The van der Waals surface area contributed by atoms with Crippen molar-refractivity contribution in [3.05, 3.63) is 35.9 Å². The van der Waals surface area contributed by atoms with E-state index in [-0.39, 0.29) is 11.8 Å². The molecule has 0 saturated carbocycles. The third kappa shape index (κ3) is 3.08. The summed E-state index contributed by atoms with van der Waals surface area (Å²) in [4.78, 5) is 22.3. The predicted octanol–water partition coefficient (Wildman–Crippen LogP) is 1.38. The molecule has 0 aliphatic carbocycles. The van der Waals surface area contributed by atoms with Gasteiger partial charge in [-0.2, -0.15) is 0 Å². The maximum atomic E-state index is 11.7. The highest BCUT2D eigenvalue weighted by Gasteiger charge is 2.19. The van der Waals surface area contributed by atoms with E-state index in [9.17, 15) is 9.59 Å². The minimum absolute atomic E-state index is 0.277. The number of carboxylic acid groups (broad SMARTS) is 1. The van der Waals surface area contributed by atoms with Gasteiger partial charge in [0.1, 0.15) is 6.04 Å². The van der Waals surface area contributed by atoms with Gasteiger partial charge >= 0.3 is 5.97 Å². The number of nitrogens with one attached hydrogen (secondary N) is 1. The molecule has 2 atom stereocenters. The molecule has 1 amide bonds.